The highest BCUT2D eigenvalue weighted by atomic mass is 19.1. The lowest BCUT2D eigenvalue weighted by Crippen LogP contribution is -2.34. The van der Waals surface area contributed by atoms with Gasteiger partial charge in [0.25, 0.3) is 5.69 Å². The molecule has 0 bridgehead atoms. The molecule has 0 aliphatic heterocycles. The molecule has 1 aromatic rings. The van der Waals surface area contributed by atoms with Crippen LogP contribution in [-0.4, -0.2) is 27.1 Å². The van der Waals surface area contributed by atoms with Gasteiger partial charge < -0.3 is 15.9 Å². The molecule has 0 aromatic heterocycles. The maximum Gasteiger partial charge on any atom is 0.272 e. The topological polar surface area (TPSA) is 127 Å². The number of aliphatic hydroxyl groups is 2. The first-order chi connectivity index (χ1) is 8.25. The predicted molar refractivity (Wildman–Crippen MR) is 58.0 cm³/mol. The fourth-order valence-corrected chi connectivity index (χ4v) is 1.43. The van der Waals surface area contributed by atoms with Gasteiger partial charge in [-0.1, -0.05) is 0 Å². The number of carbonyl (C=O) groups is 1. The van der Waals surface area contributed by atoms with Crippen molar-refractivity contribution in [2.24, 2.45) is 5.73 Å². The number of nitro benzene ring substituents is 1. The van der Waals surface area contributed by atoms with E-state index in [1.54, 1.807) is 0 Å². The van der Waals surface area contributed by atoms with Gasteiger partial charge >= 0.3 is 0 Å². The number of nitro groups is 1. The van der Waals surface area contributed by atoms with Crippen LogP contribution in [0.5, 0.6) is 0 Å². The molecule has 0 heterocycles. The molecule has 0 aliphatic carbocycles. The minimum atomic E-state index is -2.04. The van der Waals surface area contributed by atoms with E-state index < -0.39 is 40.1 Å². The number of rotatable bonds is 4. The van der Waals surface area contributed by atoms with Gasteiger partial charge in [0.05, 0.1) is 4.92 Å². The maximum atomic E-state index is 13.5. The molecule has 8 heteroatoms. The summed E-state index contributed by atoms with van der Waals surface area (Å²) in [5.74, 6) is -2.23. The van der Waals surface area contributed by atoms with E-state index in [-0.39, 0.29) is 5.56 Å². The molecule has 7 nitrogen and oxygen atoms in total. The minimum absolute atomic E-state index is 0.0574. The van der Waals surface area contributed by atoms with Crippen molar-refractivity contribution in [1.82, 2.24) is 0 Å². The van der Waals surface area contributed by atoms with Crippen molar-refractivity contribution in [2.45, 2.75) is 19.1 Å². The van der Waals surface area contributed by atoms with E-state index in [1.165, 1.54) is 6.92 Å². The van der Waals surface area contributed by atoms with Gasteiger partial charge in [-0.3, -0.25) is 14.9 Å². The van der Waals surface area contributed by atoms with Gasteiger partial charge in [0.1, 0.15) is 11.9 Å². The van der Waals surface area contributed by atoms with Gasteiger partial charge in [-0.25, -0.2) is 4.39 Å². The van der Waals surface area contributed by atoms with E-state index >= 15 is 0 Å². The van der Waals surface area contributed by atoms with Crippen LogP contribution in [0.3, 0.4) is 0 Å². The normalized spacial score (nSPS) is 14.0. The van der Waals surface area contributed by atoms with E-state index in [0.717, 1.165) is 12.1 Å². The quantitative estimate of drug-likeness (QED) is 0.514. The Labute approximate surface area is 101 Å². The smallest absolute Gasteiger partial charge is 0.272 e. The van der Waals surface area contributed by atoms with Crippen LogP contribution >= 0.6 is 0 Å². The molecule has 4 N–H and O–H groups in total. The largest absolute Gasteiger partial charge is 0.385 e. The molecule has 0 aliphatic rings. The van der Waals surface area contributed by atoms with Crippen molar-refractivity contribution in [1.29, 1.82) is 0 Å². The van der Waals surface area contributed by atoms with Crippen LogP contribution in [0.2, 0.25) is 0 Å². The molecule has 0 saturated heterocycles. The Morgan fingerprint density at radius 1 is 1.50 bits per heavy atom. The average molecular weight is 258 g/mol. The second-order valence-electron chi connectivity index (χ2n) is 3.71. The average Bonchev–Trinajstić information content (AvgIpc) is 2.26. The summed E-state index contributed by atoms with van der Waals surface area (Å²) in [6, 6.07) is 1.60. The van der Waals surface area contributed by atoms with Crippen LogP contribution in [0.25, 0.3) is 0 Å². The molecular formula is C10H11FN2O5. The fourth-order valence-electron chi connectivity index (χ4n) is 1.43. The molecule has 98 valence electrons. The summed E-state index contributed by atoms with van der Waals surface area (Å²) in [5, 5.41) is 29.4. The zero-order valence-electron chi connectivity index (χ0n) is 9.33. The Morgan fingerprint density at radius 3 is 2.50 bits per heavy atom. The van der Waals surface area contributed by atoms with E-state index in [2.05, 4.69) is 0 Å². The van der Waals surface area contributed by atoms with Gasteiger partial charge in [0, 0.05) is 17.2 Å². The summed E-state index contributed by atoms with van der Waals surface area (Å²) < 4.78 is 13.5. The number of aryl methyl sites for hydroxylation is 1. The Kier molecular flexibility index (Phi) is 3.94. The molecule has 1 aromatic carbocycles. The van der Waals surface area contributed by atoms with Gasteiger partial charge in [-0.05, 0) is 13.0 Å². The number of benzene rings is 1. The molecular weight excluding hydrogens is 247 g/mol. The number of primary amides is 1. The third kappa shape index (κ3) is 2.60. The molecule has 1 rings (SSSR count). The number of hydrogen-bond donors (Lipinski definition) is 3. The van der Waals surface area contributed by atoms with Gasteiger partial charge in [-0.2, -0.15) is 0 Å². The highest BCUT2D eigenvalue weighted by Gasteiger charge is 2.28. The van der Waals surface area contributed by atoms with Crippen LogP contribution in [0.4, 0.5) is 10.1 Å². The number of amides is 1. The first-order valence-corrected chi connectivity index (χ1v) is 4.85. The number of hydrogen-bond acceptors (Lipinski definition) is 5. The second kappa shape index (κ2) is 5.07. The van der Waals surface area contributed by atoms with E-state index in [1.807, 2.05) is 0 Å². The number of halogens is 1. The highest BCUT2D eigenvalue weighted by molar-refractivity contribution is 5.79. The molecule has 0 spiro atoms. The Bertz CT molecular complexity index is 505. The second-order valence-corrected chi connectivity index (χ2v) is 3.71. The monoisotopic (exact) mass is 258 g/mol. The van der Waals surface area contributed by atoms with Gasteiger partial charge in [-0.15, -0.1) is 0 Å². The summed E-state index contributed by atoms with van der Waals surface area (Å²) in [6.07, 6.45) is -4.00. The first-order valence-electron chi connectivity index (χ1n) is 4.85. The lowest BCUT2D eigenvalue weighted by Gasteiger charge is -2.16. The molecule has 18 heavy (non-hydrogen) atoms. The third-order valence-corrected chi connectivity index (χ3v) is 2.42. The molecule has 1 amide bonds. The standard InChI is InChI=1S/C10H11FN2O5/c1-4-2-6(11)5(3-7(4)13(17)18)8(14)9(15)10(12)16/h2-3,8-9,14-15H,1H3,(H2,12,16). The van der Waals surface area contributed by atoms with Crippen molar-refractivity contribution in [2.75, 3.05) is 0 Å². The van der Waals surface area contributed by atoms with Crippen LogP contribution in [0.15, 0.2) is 12.1 Å². The lowest BCUT2D eigenvalue weighted by atomic mass is 10.0. The van der Waals surface area contributed by atoms with Crippen LogP contribution in [0.1, 0.15) is 17.2 Å². The number of nitrogens with two attached hydrogens (primary N) is 1. The van der Waals surface area contributed by atoms with Crippen molar-refractivity contribution in [3.63, 3.8) is 0 Å². The fraction of sp³-hybridized carbons (Fsp3) is 0.300. The van der Waals surface area contributed by atoms with E-state index in [9.17, 15) is 29.5 Å². The number of aliphatic hydroxyl groups excluding tert-OH is 2. The SMILES string of the molecule is Cc1cc(F)c(C(O)C(O)C(N)=O)cc1[N+](=O)[O-]. The summed E-state index contributed by atoms with van der Waals surface area (Å²) in [4.78, 5) is 20.6. The predicted octanol–water partition coefficient (Wildman–Crippen LogP) is -0.0781. The van der Waals surface area contributed by atoms with Crippen LogP contribution in [-0.2, 0) is 4.79 Å². The maximum absolute atomic E-state index is 13.5. The van der Waals surface area contributed by atoms with E-state index in [0.29, 0.717) is 0 Å². The Balaban J connectivity index is 3.28. The first kappa shape index (κ1) is 14.0. The molecule has 2 atom stereocenters. The van der Waals surface area contributed by atoms with Gasteiger partial charge in [0.15, 0.2) is 6.10 Å². The summed E-state index contributed by atoms with van der Waals surface area (Å²) in [5.41, 5.74) is 3.82. The number of carbonyl (C=O) groups excluding carboxylic acids is 1. The van der Waals surface area contributed by atoms with Crippen molar-refractivity contribution in [3.8, 4) is 0 Å². The van der Waals surface area contributed by atoms with Crippen LogP contribution in [0, 0.1) is 22.9 Å². The summed E-state index contributed by atoms with van der Waals surface area (Å²) in [7, 11) is 0. The molecule has 2 unspecified atom stereocenters. The van der Waals surface area contributed by atoms with Crippen molar-refractivity contribution >= 4 is 11.6 Å². The zero-order valence-corrected chi connectivity index (χ0v) is 9.33. The Morgan fingerprint density at radius 2 is 2.06 bits per heavy atom. The summed E-state index contributed by atoms with van der Waals surface area (Å²) in [6.45, 7) is 1.32. The third-order valence-electron chi connectivity index (χ3n) is 2.42. The minimum Gasteiger partial charge on any atom is -0.385 e. The van der Waals surface area contributed by atoms with Gasteiger partial charge in [0.2, 0.25) is 5.91 Å². The zero-order chi connectivity index (χ0) is 14.0. The molecule has 0 fully saturated rings. The van der Waals surface area contributed by atoms with Crippen LogP contribution < -0.4 is 5.73 Å². The number of nitrogens with zero attached hydrogens (tertiary/aromatic N) is 1. The summed E-state index contributed by atoms with van der Waals surface area (Å²) >= 11 is 0. The van der Waals surface area contributed by atoms with Crippen molar-refractivity contribution in [3.05, 3.63) is 39.2 Å². The Hall–Kier alpha value is -2.06. The van der Waals surface area contributed by atoms with E-state index in [4.69, 9.17) is 5.73 Å². The lowest BCUT2D eigenvalue weighted by molar-refractivity contribution is -0.385. The molecule has 0 saturated carbocycles. The highest BCUT2D eigenvalue weighted by Crippen LogP contribution is 2.27. The van der Waals surface area contributed by atoms with Crippen molar-refractivity contribution < 1.29 is 24.3 Å². The molecule has 0 radical (unpaired) electrons.